The molecule has 4 aromatic carbocycles. The molecule has 2 atom stereocenters. The molecule has 0 spiro atoms. The van der Waals surface area contributed by atoms with Crippen LogP contribution >= 0.6 is 0 Å². The van der Waals surface area contributed by atoms with Crippen molar-refractivity contribution >= 4 is 22.2 Å². The number of fused-ring (bicyclic) bond motifs is 2. The summed E-state index contributed by atoms with van der Waals surface area (Å²) >= 11 is 0. The third-order valence-corrected chi connectivity index (χ3v) is 9.31. The zero-order valence-electron chi connectivity index (χ0n) is 31.8. The topological polar surface area (TPSA) is 137 Å². The second-order valence-corrected chi connectivity index (χ2v) is 13.4. The van der Waals surface area contributed by atoms with Crippen molar-refractivity contribution in [1.29, 1.82) is 0 Å². The molecule has 4 heterocycles. The van der Waals surface area contributed by atoms with Crippen LogP contribution in [0.2, 0.25) is 0 Å². The average molecular weight is 749 g/mol. The van der Waals surface area contributed by atoms with Gasteiger partial charge in [-0.05, 0) is 48.9 Å². The van der Waals surface area contributed by atoms with Gasteiger partial charge in [-0.15, -0.1) is 0 Å². The summed E-state index contributed by atoms with van der Waals surface area (Å²) in [7, 11) is 0. The molecule has 0 unspecified atom stereocenters. The summed E-state index contributed by atoms with van der Waals surface area (Å²) in [6.07, 6.45) is 3.81. The Morgan fingerprint density at radius 3 is 1.45 bits per heavy atom. The molecule has 8 rings (SSSR count). The number of hydrogen-bond acceptors (Lipinski definition) is 10. The molecule has 8 aromatic rings. The number of rotatable bonds is 12. The molecular formula is C46H44N4O6. The third-order valence-electron chi connectivity index (χ3n) is 9.31. The van der Waals surface area contributed by atoms with Crippen molar-refractivity contribution in [3.63, 3.8) is 0 Å². The lowest BCUT2D eigenvalue weighted by Crippen LogP contribution is -2.17. The van der Waals surface area contributed by atoms with Crippen molar-refractivity contribution in [3.8, 4) is 56.7 Å². The van der Waals surface area contributed by atoms with E-state index >= 15 is 0 Å². The molecule has 56 heavy (non-hydrogen) atoms. The van der Waals surface area contributed by atoms with Gasteiger partial charge >= 0.3 is 0 Å². The molecule has 0 aliphatic heterocycles. The number of nitrogens with zero attached hydrogens (tertiary/aromatic N) is 4. The van der Waals surface area contributed by atoms with E-state index < -0.39 is 6.10 Å². The monoisotopic (exact) mass is 748 g/mol. The Balaban J connectivity index is 0.000000172. The highest BCUT2D eigenvalue weighted by Crippen LogP contribution is 2.45. The van der Waals surface area contributed by atoms with Gasteiger partial charge in [-0.1, -0.05) is 123 Å². The third kappa shape index (κ3) is 8.17. The first kappa shape index (κ1) is 37.9. The minimum atomic E-state index is -0.599. The van der Waals surface area contributed by atoms with Crippen LogP contribution in [0.5, 0.6) is 11.8 Å². The fourth-order valence-corrected chi connectivity index (χ4v) is 6.39. The lowest BCUT2D eigenvalue weighted by Gasteiger charge is -2.12. The fourth-order valence-electron chi connectivity index (χ4n) is 6.39. The maximum Gasteiger partial charge on any atom is 0.234 e. The van der Waals surface area contributed by atoms with Gasteiger partial charge in [0.25, 0.3) is 0 Å². The first-order valence-corrected chi connectivity index (χ1v) is 18.8. The summed E-state index contributed by atoms with van der Waals surface area (Å²) in [6, 6.07) is 36.7. The summed E-state index contributed by atoms with van der Waals surface area (Å²) in [5, 5.41) is 20.5. The van der Waals surface area contributed by atoms with E-state index in [1.165, 1.54) is 23.8 Å². The van der Waals surface area contributed by atoms with Gasteiger partial charge in [-0.3, -0.25) is 0 Å². The highest BCUT2D eigenvalue weighted by Gasteiger charge is 2.25. The summed E-state index contributed by atoms with van der Waals surface area (Å²) in [5.74, 6) is 2.27. The van der Waals surface area contributed by atoms with Crippen LogP contribution in [-0.4, -0.2) is 55.6 Å². The molecular weight excluding hydrogens is 705 g/mol. The van der Waals surface area contributed by atoms with Crippen molar-refractivity contribution < 1.29 is 28.5 Å². The lowest BCUT2D eigenvalue weighted by atomic mass is 9.98. The molecule has 0 aliphatic rings. The van der Waals surface area contributed by atoms with Crippen LogP contribution in [0.25, 0.3) is 67.1 Å². The smallest absolute Gasteiger partial charge is 0.234 e. The zero-order chi connectivity index (χ0) is 39.0. The van der Waals surface area contributed by atoms with E-state index in [-0.39, 0.29) is 19.3 Å². The molecule has 0 radical (unpaired) electrons. The van der Waals surface area contributed by atoms with Crippen molar-refractivity contribution in [2.24, 2.45) is 0 Å². The zero-order valence-corrected chi connectivity index (χ0v) is 31.8. The fraction of sp³-hybridized carbons (Fsp3) is 0.217. The maximum absolute atomic E-state index is 9.62. The number of hydrogen-bond donors (Lipinski definition) is 2. The molecule has 0 saturated carbocycles. The van der Waals surface area contributed by atoms with Crippen LogP contribution in [0.4, 0.5) is 0 Å². The van der Waals surface area contributed by atoms with Gasteiger partial charge < -0.3 is 28.5 Å². The number of aromatic nitrogens is 4. The Hall–Kier alpha value is -6.36. The van der Waals surface area contributed by atoms with E-state index in [0.717, 1.165) is 57.7 Å². The van der Waals surface area contributed by atoms with E-state index in [9.17, 15) is 10.2 Å². The summed E-state index contributed by atoms with van der Waals surface area (Å²) in [4.78, 5) is 17.3. The average Bonchev–Trinajstić information content (AvgIpc) is 3.84. The molecule has 10 nitrogen and oxygen atoms in total. The van der Waals surface area contributed by atoms with Gasteiger partial charge in [0.05, 0.1) is 12.7 Å². The van der Waals surface area contributed by atoms with Gasteiger partial charge in [0.2, 0.25) is 23.2 Å². The number of aryl methyl sites for hydroxylation is 2. The second-order valence-electron chi connectivity index (χ2n) is 13.4. The molecule has 10 heteroatoms. The SMILES string of the molecule is CCc1ccc(-c2c(-c3ccccc3)oc3ncnc(OC[C@H](C)O)c23)cc1.CCc1ccc(-c2c(-c3ccccc3)oc3ncnc(O[C@@H](C)CO)c23)cc1. The number of ether oxygens (including phenoxy) is 2. The Kier molecular flexibility index (Phi) is 11.8. The Bertz CT molecular complexity index is 2500. The number of benzene rings is 4. The van der Waals surface area contributed by atoms with Crippen LogP contribution in [0.15, 0.2) is 131 Å². The van der Waals surface area contributed by atoms with Crippen molar-refractivity contribution in [2.75, 3.05) is 13.2 Å². The number of aliphatic hydroxyl groups excluding tert-OH is 2. The molecule has 0 fully saturated rings. The largest absolute Gasteiger partial charge is 0.474 e. The first-order valence-electron chi connectivity index (χ1n) is 18.8. The van der Waals surface area contributed by atoms with E-state index in [2.05, 4.69) is 82.3 Å². The van der Waals surface area contributed by atoms with E-state index in [4.69, 9.17) is 18.3 Å². The van der Waals surface area contributed by atoms with Crippen LogP contribution in [0.3, 0.4) is 0 Å². The summed E-state index contributed by atoms with van der Waals surface area (Å²) in [5.41, 5.74) is 9.16. The summed E-state index contributed by atoms with van der Waals surface area (Å²) in [6.45, 7) is 7.78. The molecule has 284 valence electrons. The minimum absolute atomic E-state index is 0.102. The number of aliphatic hydroxyl groups is 2. The van der Waals surface area contributed by atoms with Gasteiger partial charge in [0.15, 0.2) is 0 Å². The van der Waals surface area contributed by atoms with Gasteiger partial charge in [0.1, 0.15) is 47.7 Å². The molecule has 2 N–H and O–H groups in total. The highest BCUT2D eigenvalue weighted by molar-refractivity contribution is 6.04. The minimum Gasteiger partial charge on any atom is -0.474 e. The quantitative estimate of drug-likeness (QED) is 0.124. The van der Waals surface area contributed by atoms with Crippen LogP contribution in [-0.2, 0) is 12.8 Å². The van der Waals surface area contributed by atoms with Crippen molar-refractivity contribution in [3.05, 3.63) is 133 Å². The predicted molar refractivity (Wildman–Crippen MR) is 218 cm³/mol. The van der Waals surface area contributed by atoms with Gasteiger partial charge in [-0.25, -0.2) is 19.9 Å². The first-order chi connectivity index (χ1) is 27.4. The van der Waals surface area contributed by atoms with Gasteiger partial charge in [0, 0.05) is 22.3 Å². The standard InChI is InChI=1S/2C23H22N2O3/c1-3-16-9-11-17(12-10-16)19-20-22(27-13-15(2)26)24-14-25-23(20)28-21(19)18-7-5-4-6-8-18;1-3-16-9-11-17(12-10-16)19-20-22(27-15(2)13-26)24-14-25-23(20)28-21(19)18-7-5-4-6-8-18/h2*4-12,14-15,26H,3,13H2,1-2H3/t2*15-/m00/s1. The maximum atomic E-state index is 9.62. The lowest BCUT2D eigenvalue weighted by molar-refractivity contribution is 0.121. The molecule has 4 aromatic heterocycles. The Labute approximate surface area is 325 Å². The molecule has 0 aliphatic carbocycles. The second kappa shape index (κ2) is 17.4. The summed E-state index contributed by atoms with van der Waals surface area (Å²) < 4.78 is 24.0. The molecule has 0 amide bonds. The van der Waals surface area contributed by atoms with Gasteiger partial charge in [-0.2, -0.15) is 0 Å². The van der Waals surface area contributed by atoms with Crippen LogP contribution in [0, 0.1) is 0 Å². The van der Waals surface area contributed by atoms with Crippen LogP contribution in [0.1, 0.15) is 38.8 Å². The Morgan fingerprint density at radius 2 is 1.02 bits per heavy atom. The molecule has 0 bridgehead atoms. The van der Waals surface area contributed by atoms with E-state index in [0.29, 0.717) is 34.0 Å². The van der Waals surface area contributed by atoms with E-state index in [1.54, 1.807) is 13.8 Å². The molecule has 0 saturated heterocycles. The van der Waals surface area contributed by atoms with Crippen LogP contribution < -0.4 is 9.47 Å². The number of furan rings is 2. The van der Waals surface area contributed by atoms with Crippen molar-refractivity contribution in [1.82, 2.24) is 19.9 Å². The predicted octanol–water partition coefficient (Wildman–Crippen LogP) is 9.76. The van der Waals surface area contributed by atoms with E-state index in [1.807, 2.05) is 60.7 Å². The van der Waals surface area contributed by atoms with Crippen molar-refractivity contribution in [2.45, 2.75) is 52.7 Å². The Morgan fingerprint density at radius 1 is 0.571 bits per heavy atom. The normalized spacial score (nSPS) is 12.2. The highest BCUT2D eigenvalue weighted by atomic mass is 16.5.